The Kier molecular flexibility index (Phi) is 6.68. The van der Waals surface area contributed by atoms with E-state index in [1.807, 2.05) is 0 Å². The van der Waals surface area contributed by atoms with Crippen molar-refractivity contribution in [3.8, 4) is 0 Å². The lowest BCUT2D eigenvalue weighted by Crippen LogP contribution is -2.40. The summed E-state index contributed by atoms with van der Waals surface area (Å²) in [5.41, 5.74) is 1.55. The van der Waals surface area contributed by atoms with E-state index in [4.69, 9.17) is 23.2 Å². The first-order valence-electron chi connectivity index (χ1n) is 8.80. The predicted octanol–water partition coefficient (Wildman–Crippen LogP) is 4.80. The van der Waals surface area contributed by atoms with Gasteiger partial charge in [0.05, 0.1) is 0 Å². The van der Waals surface area contributed by atoms with Crippen molar-refractivity contribution in [2.24, 2.45) is 5.92 Å². The number of piperidine rings is 1. The monoisotopic (exact) mass is 412 g/mol. The molecule has 1 amide bonds. The minimum Gasteiger partial charge on any atom is -0.352 e. The molecule has 0 radical (unpaired) electrons. The number of halogens is 4. The third-order valence-corrected chi connectivity index (χ3v) is 5.40. The average Bonchev–Trinajstić information content (AvgIpc) is 2.64. The van der Waals surface area contributed by atoms with Gasteiger partial charge in [0.15, 0.2) is 11.6 Å². The van der Waals surface area contributed by atoms with Gasteiger partial charge in [0, 0.05) is 29.1 Å². The van der Waals surface area contributed by atoms with Crippen LogP contribution in [0.1, 0.15) is 24.0 Å². The molecule has 0 saturated carbocycles. The zero-order valence-corrected chi connectivity index (χ0v) is 16.2. The highest BCUT2D eigenvalue weighted by Gasteiger charge is 2.25. The summed E-state index contributed by atoms with van der Waals surface area (Å²) in [5.74, 6) is -1.72. The molecular weight excluding hydrogens is 393 g/mol. The summed E-state index contributed by atoms with van der Waals surface area (Å²) in [4.78, 5) is 14.6. The number of nitrogens with zero attached hydrogens (tertiary/aromatic N) is 1. The maximum Gasteiger partial charge on any atom is 0.223 e. The molecule has 0 unspecified atom stereocenters. The lowest BCUT2D eigenvalue weighted by atomic mass is 9.95. The average molecular weight is 413 g/mol. The van der Waals surface area contributed by atoms with Crippen LogP contribution in [0.2, 0.25) is 10.0 Å². The fourth-order valence-corrected chi connectivity index (χ4v) is 3.72. The van der Waals surface area contributed by atoms with E-state index >= 15 is 0 Å². The second-order valence-corrected chi connectivity index (χ2v) is 7.60. The van der Waals surface area contributed by atoms with E-state index in [0.717, 1.165) is 43.1 Å². The Morgan fingerprint density at radius 3 is 2.48 bits per heavy atom. The summed E-state index contributed by atoms with van der Waals surface area (Å²) in [6.45, 7) is 2.38. The number of hydrogen-bond donors (Lipinski definition) is 1. The van der Waals surface area contributed by atoms with Crippen LogP contribution in [0.3, 0.4) is 0 Å². The van der Waals surface area contributed by atoms with Crippen molar-refractivity contribution in [1.82, 2.24) is 10.2 Å². The minimum absolute atomic E-state index is 0.00786. The van der Waals surface area contributed by atoms with E-state index in [2.05, 4.69) is 10.2 Å². The van der Waals surface area contributed by atoms with Crippen molar-refractivity contribution < 1.29 is 13.6 Å². The molecule has 0 spiro atoms. The van der Waals surface area contributed by atoms with Gasteiger partial charge in [-0.2, -0.15) is 0 Å². The van der Waals surface area contributed by atoms with Crippen molar-refractivity contribution in [2.45, 2.75) is 25.9 Å². The predicted molar refractivity (Wildman–Crippen MR) is 103 cm³/mol. The topological polar surface area (TPSA) is 32.3 Å². The van der Waals surface area contributed by atoms with Crippen molar-refractivity contribution in [3.05, 3.63) is 69.2 Å². The Hall–Kier alpha value is -1.69. The molecule has 1 saturated heterocycles. The highest BCUT2D eigenvalue weighted by molar-refractivity contribution is 6.35. The molecule has 0 aromatic heterocycles. The Balaban J connectivity index is 1.46. The van der Waals surface area contributed by atoms with E-state index in [-0.39, 0.29) is 11.8 Å². The number of amides is 1. The first-order valence-corrected chi connectivity index (χ1v) is 9.56. The second-order valence-electron chi connectivity index (χ2n) is 6.75. The van der Waals surface area contributed by atoms with Gasteiger partial charge in [0.2, 0.25) is 5.91 Å². The molecule has 27 heavy (non-hydrogen) atoms. The molecule has 0 atom stereocenters. The van der Waals surface area contributed by atoms with Crippen LogP contribution in [-0.4, -0.2) is 23.9 Å². The number of carbonyl (C=O) groups excluding carboxylic acids is 1. The van der Waals surface area contributed by atoms with Crippen LogP contribution >= 0.6 is 23.2 Å². The van der Waals surface area contributed by atoms with E-state index in [1.54, 1.807) is 24.3 Å². The molecule has 1 aliphatic heterocycles. The molecule has 1 heterocycles. The molecule has 1 fully saturated rings. The van der Waals surface area contributed by atoms with E-state index in [9.17, 15) is 13.6 Å². The van der Waals surface area contributed by atoms with Crippen molar-refractivity contribution in [2.75, 3.05) is 13.1 Å². The number of carbonyl (C=O) groups is 1. The second kappa shape index (κ2) is 9.00. The van der Waals surface area contributed by atoms with Gasteiger partial charge in [-0.1, -0.05) is 35.3 Å². The maximum atomic E-state index is 13.3. The normalized spacial score (nSPS) is 15.7. The Morgan fingerprint density at radius 2 is 1.81 bits per heavy atom. The number of benzene rings is 2. The zero-order chi connectivity index (χ0) is 19.4. The van der Waals surface area contributed by atoms with Crippen molar-refractivity contribution in [1.29, 1.82) is 0 Å². The number of hydrogen-bond acceptors (Lipinski definition) is 2. The summed E-state index contributed by atoms with van der Waals surface area (Å²) in [5, 5.41) is 4.02. The van der Waals surface area contributed by atoms with E-state index < -0.39 is 11.6 Å². The largest absolute Gasteiger partial charge is 0.352 e. The van der Waals surface area contributed by atoms with Crippen molar-refractivity contribution in [3.63, 3.8) is 0 Å². The van der Waals surface area contributed by atoms with Crippen molar-refractivity contribution >= 4 is 29.1 Å². The highest BCUT2D eigenvalue weighted by Crippen LogP contribution is 2.22. The van der Waals surface area contributed by atoms with Gasteiger partial charge >= 0.3 is 0 Å². The standard InChI is InChI=1S/C20H20Cl2F2N2O/c21-16-3-2-15(17(22)10-16)11-25-20(27)14-5-7-26(8-6-14)12-13-1-4-18(23)19(24)9-13/h1-4,9-10,14H,5-8,11-12H2,(H,25,27). The van der Waals surface area contributed by atoms with Crippen LogP contribution in [-0.2, 0) is 17.9 Å². The molecule has 7 heteroatoms. The first-order chi connectivity index (χ1) is 12.9. The molecule has 3 rings (SSSR count). The summed E-state index contributed by atoms with van der Waals surface area (Å²) in [6.07, 6.45) is 1.45. The van der Waals surface area contributed by atoms with Gasteiger partial charge in [-0.25, -0.2) is 8.78 Å². The summed E-state index contributed by atoms with van der Waals surface area (Å²) in [7, 11) is 0. The number of rotatable bonds is 5. The maximum absolute atomic E-state index is 13.3. The minimum atomic E-state index is -0.838. The van der Waals surface area contributed by atoms with Gasteiger partial charge in [0.1, 0.15) is 0 Å². The Bertz CT molecular complexity index is 824. The van der Waals surface area contributed by atoms with Gasteiger partial charge in [-0.05, 0) is 61.3 Å². The molecule has 0 aliphatic carbocycles. The van der Waals surface area contributed by atoms with Crippen LogP contribution in [0, 0.1) is 17.6 Å². The molecule has 3 nitrogen and oxygen atoms in total. The third kappa shape index (κ3) is 5.41. The molecular formula is C20H20Cl2F2N2O. The van der Waals surface area contributed by atoms with Crippen LogP contribution in [0.5, 0.6) is 0 Å². The van der Waals surface area contributed by atoms with Crippen LogP contribution in [0.25, 0.3) is 0 Å². The molecule has 144 valence electrons. The summed E-state index contributed by atoms with van der Waals surface area (Å²) >= 11 is 12.0. The van der Waals surface area contributed by atoms with Crippen LogP contribution in [0.4, 0.5) is 8.78 Å². The number of nitrogens with one attached hydrogen (secondary N) is 1. The Labute approximate surface area is 167 Å². The fourth-order valence-electron chi connectivity index (χ4n) is 3.24. The summed E-state index contributed by atoms with van der Waals surface area (Å²) < 4.78 is 26.3. The molecule has 0 bridgehead atoms. The molecule has 2 aromatic rings. The first kappa shape index (κ1) is 20.1. The van der Waals surface area contributed by atoms with Crippen LogP contribution < -0.4 is 5.32 Å². The van der Waals surface area contributed by atoms with Gasteiger partial charge in [0.25, 0.3) is 0 Å². The summed E-state index contributed by atoms with van der Waals surface area (Å²) in [6, 6.07) is 9.16. The molecule has 2 aromatic carbocycles. The smallest absolute Gasteiger partial charge is 0.223 e. The molecule has 1 aliphatic rings. The SMILES string of the molecule is O=C(NCc1ccc(Cl)cc1Cl)C1CCN(Cc2ccc(F)c(F)c2)CC1. The highest BCUT2D eigenvalue weighted by atomic mass is 35.5. The van der Waals surface area contributed by atoms with Gasteiger partial charge < -0.3 is 5.32 Å². The van der Waals surface area contributed by atoms with E-state index in [0.29, 0.717) is 23.1 Å². The lowest BCUT2D eigenvalue weighted by Gasteiger charge is -2.31. The lowest BCUT2D eigenvalue weighted by molar-refractivity contribution is -0.126. The molecule has 1 N–H and O–H groups in total. The number of likely N-dealkylation sites (tertiary alicyclic amines) is 1. The van der Waals surface area contributed by atoms with Gasteiger partial charge in [-0.15, -0.1) is 0 Å². The fraction of sp³-hybridized carbons (Fsp3) is 0.350. The quantitative estimate of drug-likeness (QED) is 0.764. The Morgan fingerprint density at radius 1 is 1.07 bits per heavy atom. The van der Waals surface area contributed by atoms with Crippen LogP contribution in [0.15, 0.2) is 36.4 Å². The third-order valence-electron chi connectivity index (χ3n) is 4.82. The van der Waals surface area contributed by atoms with E-state index in [1.165, 1.54) is 6.07 Å². The van der Waals surface area contributed by atoms with Gasteiger partial charge in [-0.3, -0.25) is 9.69 Å². The zero-order valence-electron chi connectivity index (χ0n) is 14.7.